The molecule has 0 heterocycles. The van der Waals surface area contributed by atoms with Crippen molar-refractivity contribution in [1.29, 1.82) is 0 Å². The van der Waals surface area contributed by atoms with Crippen LogP contribution in [0, 0.1) is 11.8 Å². The van der Waals surface area contributed by atoms with Crippen LogP contribution in [0.25, 0.3) is 0 Å². The first kappa shape index (κ1) is 21.4. The van der Waals surface area contributed by atoms with E-state index in [0.29, 0.717) is 18.1 Å². The van der Waals surface area contributed by atoms with Crippen LogP contribution >= 0.6 is 0 Å². The van der Waals surface area contributed by atoms with Gasteiger partial charge in [-0.1, -0.05) is 53.9 Å². The fourth-order valence-corrected chi connectivity index (χ4v) is 1.52. The summed E-state index contributed by atoms with van der Waals surface area (Å²) in [5.41, 5.74) is 0. The van der Waals surface area contributed by atoms with E-state index in [-0.39, 0.29) is 0 Å². The van der Waals surface area contributed by atoms with E-state index in [9.17, 15) is 9.59 Å². The molecular weight excluding hydrogens is 250 g/mol. The first-order valence-corrected chi connectivity index (χ1v) is 8.12. The topological polar surface area (TPSA) is 46.2 Å². The van der Waals surface area contributed by atoms with Gasteiger partial charge in [-0.15, -0.1) is 0 Å². The van der Waals surface area contributed by atoms with Crippen molar-refractivity contribution in [3.8, 4) is 0 Å². The minimum Gasteiger partial charge on any atom is -0.359 e. The van der Waals surface area contributed by atoms with Crippen molar-refractivity contribution in [1.82, 2.24) is 5.32 Å². The monoisotopic (exact) mass is 285 g/mol. The number of amides is 1. The summed E-state index contributed by atoms with van der Waals surface area (Å²) in [6.45, 7) is 11.5. The lowest BCUT2D eigenvalue weighted by atomic mass is 10.0. The fraction of sp³-hybridized carbons (Fsp3) is 0.882. The Morgan fingerprint density at radius 3 is 2.00 bits per heavy atom. The van der Waals surface area contributed by atoms with E-state index >= 15 is 0 Å². The van der Waals surface area contributed by atoms with E-state index < -0.39 is 0 Å². The number of ketones is 1. The molecule has 0 atom stereocenters. The van der Waals surface area contributed by atoms with Crippen LogP contribution in [-0.4, -0.2) is 18.7 Å². The van der Waals surface area contributed by atoms with Gasteiger partial charge in [-0.2, -0.15) is 0 Å². The second kappa shape index (κ2) is 16.2. The van der Waals surface area contributed by atoms with E-state index in [1.807, 2.05) is 0 Å². The van der Waals surface area contributed by atoms with Crippen LogP contribution in [0.15, 0.2) is 0 Å². The summed E-state index contributed by atoms with van der Waals surface area (Å²) in [4.78, 5) is 21.3. The minimum atomic E-state index is 0.385. The van der Waals surface area contributed by atoms with E-state index in [4.69, 9.17) is 0 Å². The van der Waals surface area contributed by atoms with E-state index in [0.717, 1.165) is 51.0 Å². The molecule has 1 amide bonds. The van der Waals surface area contributed by atoms with Crippen molar-refractivity contribution in [2.24, 2.45) is 11.8 Å². The highest BCUT2D eigenvalue weighted by atomic mass is 16.1. The van der Waals surface area contributed by atoms with Gasteiger partial charge in [0, 0.05) is 19.4 Å². The molecule has 0 unspecified atom stereocenters. The number of carbonyl (C=O) groups is 2. The first-order chi connectivity index (χ1) is 9.43. The van der Waals surface area contributed by atoms with Gasteiger partial charge in [0.1, 0.15) is 5.78 Å². The lowest BCUT2D eigenvalue weighted by Gasteiger charge is -2.03. The Kier molecular flexibility index (Phi) is 17.4. The zero-order chi connectivity index (χ0) is 15.8. The molecule has 0 aliphatic rings. The molecule has 20 heavy (non-hydrogen) atoms. The highest BCUT2D eigenvalue weighted by Gasteiger charge is 2.04. The molecule has 0 saturated heterocycles. The molecule has 0 fully saturated rings. The summed E-state index contributed by atoms with van der Waals surface area (Å²) in [6, 6.07) is 0. The van der Waals surface area contributed by atoms with Gasteiger partial charge >= 0.3 is 0 Å². The molecule has 0 spiro atoms. The molecule has 0 saturated carbocycles. The predicted molar refractivity (Wildman–Crippen MR) is 86.7 cm³/mol. The largest absolute Gasteiger partial charge is 0.359 e. The molecule has 120 valence electrons. The van der Waals surface area contributed by atoms with Gasteiger partial charge in [0.05, 0.1) is 0 Å². The zero-order valence-electron chi connectivity index (χ0n) is 14.2. The number of rotatable bonds is 11. The van der Waals surface area contributed by atoms with E-state index in [1.54, 1.807) is 0 Å². The molecular formula is C17H35NO2. The van der Waals surface area contributed by atoms with Crippen LogP contribution in [0.4, 0.5) is 0 Å². The Balaban J connectivity index is 0. The lowest BCUT2D eigenvalue weighted by molar-refractivity contribution is -0.119. The number of carbonyl (C=O) groups excluding carboxylic acids is 2. The highest BCUT2D eigenvalue weighted by molar-refractivity contribution is 5.78. The summed E-state index contributed by atoms with van der Waals surface area (Å²) >= 11 is 0. The maximum Gasteiger partial charge on any atom is 0.207 e. The molecule has 0 aromatic heterocycles. The van der Waals surface area contributed by atoms with Crippen molar-refractivity contribution in [2.75, 3.05) is 6.54 Å². The summed E-state index contributed by atoms with van der Waals surface area (Å²) in [6.07, 6.45) is 7.65. The molecule has 3 heteroatoms. The highest BCUT2D eigenvalue weighted by Crippen LogP contribution is 2.08. The number of Topliss-reactive ketones (excluding diaryl/α,β-unsaturated/α-hetero) is 1. The average Bonchev–Trinajstić information content (AvgIpc) is 2.37. The fourth-order valence-electron chi connectivity index (χ4n) is 1.52. The van der Waals surface area contributed by atoms with Gasteiger partial charge in [0.15, 0.2) is 0 Å². The Morgan fingerprint density at radius 2 is 1.55 bits per heavy atom. The van der Waals surface area contributed by atoms with Crippen molar-refractivity contribution < 1.29 is 9.59 Å². The second-order valence-electron chi connectivity index (χ2n) is 6.17. The van der Waals surface area contributed by atoms with Crippen LogP contribution in [0.2, 0.25) is 0 Å². The van der Waals surface area contributed by atoms with Crippen LogP contribution < -0.4 is 5.32 Å². The molecule has 0 aliphatic heterocycles. The van der Waals surface area contributed by atoms with Crippen molar-refractivity contribution in [3.05, 3.63) is 0 Å². The van der Waals surface area contributed by atoms with Gasteiger partial charge in [0.25, 0.3) is 0 Å². The van der Waals surface area contributed by atoms with Crippen molar-refractivity contribution >= 4 is 12.2 Å². The molecule has 0 aromatic carbocycles. The summed E-state index contributed by atoms with van der Waals surface area (Å²) in [7, 11) is 0. The van der Waals surface area contributed by atoms with Crippen LogP contribution in [0.3, 0.4) is 0 Å². The van der Waals surface area contributed by atoms with Crippen molar-refractivity contribution in [3.63, 3.8) is 0 Å². The zero-order valence-corrected chi connectivity index (χ0v) is 14.2. The second-order valence-corrected chi connectivity index (χ2v) is 6.17. The molecule has 0 radical (unpaired) electrons. The Labute approximate surface area is 125 Å². The number of hydrogen-bond donors (Lipinski definition) is 1. The molecule has 0 bridgehead atoms. The standard InChI is InChI=1S/C12H23NO2.C5H12/c1-11(2)9-12(15)7-5-3-4-6-8-13-10-14;1-4-5(2)3/h10-11H,3-9H2,1-2H3,(H,13,14);5H,4H2,1-3H3. The Hall–Kier alpha value is -0.860. The van der Waals surface area contributed by atoms with Gasteiger partial charge in [-0.25, -0.2) is 0 Å². The average molecular weight is 285 g/mol. The minimum absolute atomic E-state index is 0.385. The lowest BCUT2D eigenvalue weighted by Crippen LogP contribution is -2.11. The summed E-state index contributed by atoms with van der Waals surface area (Å²) in [5.74, 6) is 1.75. The molecule has 0 aromatic rings. The van der Waals surface area contributed by atoms with Gasteiger partial charge in [0.2, 0.25) is 6.41 Å². The third-order valence-electron chi connectivity index (χ3n) is 3.06. The summed E-state index contributed by atoms with van der Waals surface area (Å²) in [5, 5.41) is 2.63. The van der Waals surface area contributed by atoms with E-state index in [2.05, 4.69) is 39.9 Å². The van der Waals surface area contributed by atoms with Crippen LogP contribution in [0.1, 0.15) is 79.6 Å². The normalized spacial score (nSPS) is 10.2. The molecule has 0 aliphatic carbocycles. The van der Waals surface area contributed by atoms with E-state index in [1.165, 1.54) is 6.42 Å². The molecule has 1 N–H and O–H groups in total. The van der Waals surface area contributed by atoms with Gasteiger partial charge in [-0.3, -0.25) is 9.59 Å². The van der Waals surface area contributed by atoms with Crippen molar-refractivity contribution in [2.45, 2.75) is 79.6 Å². The molecule has 3 nitrogen and oxygen atoms in total. The third-order valence-corrected chi connectivity index (χ3v) is 3.06. The molecule has 0 rings (SSSR count). The van der Waals surface area contributed by atoms with Gasteiger partial charge in [-0.05, 0) is 24.7 Å². The number of nitrogens with one attached hydrogen (secondary N) is 1. The first-order valence-electron chi connectivity index (χ1n) is 8.12. The number of unbranched alkanes of at least 4 members (excludes halogenated alkanes) is 3. The quantitative estimate of drug-likeness (QED) is 0.453. The Morgan fingerprint density at radius 1 is 1.00 bits per heavy atom. The maximum absolute atomic E-state index is 11.3. The Bertz CT molecular complexity index is 225. The van der Waals surface area contributed by atoms with Crippen LogP contribution in [-0.2, 0) is 9.59 Å². The maximum atomic E-state index is 11.3. The smallest absolute Gasteiger partial charge is 0.207 e. The predicted octanol–water partition coefficient (Wildman–Crippen LogP) is 4.35. The van der Waals surface area contributed by atoms with Crippen LogP contribution in [0.5, 0.6) is 0 Å². The third kappa shape index (κ3) is 22.3. The SMILES string of the molecule is CC(C)CC(=O)CCCCCCNC=O.CCC(C)C. The number of hydrogen-bond acceptors (Lipinski definition) is 2. The van der Waals surface area contributed by atoms with Gasteiger partial charge < -0.3 is 5.32 Å². The summed E-state index contributed by atoms with van der Waals surface area (Å²) < 4.78 is 0.